The van der Waals surface area contributed by atoms with Crippen molar-refractivity contribution < 1.29 is 8.78 Å². The molecule has 1 saturated carbocycles. The lowest BCUT2D eigenvalue weighted by Crippen LogP contribution is -1.97. The summed E-state index contributed by atoms with van der Waals surface area (Å²) in [5.74, 6) is -0.227. The van der Waals surface area contributed by atoms with Gasteiger partial charge in [0, 0.05) is 5.56 Å². The molecule has 1 unspecified atom stereocenters. The van der Waals surface area contributed by atoms with E-state index in [0.29, 0.717) is 11.5 Å². The van der Waals surface area contributed by atoms with Gasteiger partial charge < -0.3 is 0 Å². The van der Waals surface area contributed by atoms with Crippen LogP contribution in [0.4, 0.5) is 8.78 Å². The van der Waals surface area contributed by atoms with E-state index >= 15 is 0 Å². The van der Waals surface area contributed by atoms with Crippen molar-refractivity contribution >= 4 is 11.6 Å². The monoisotopic (exact) mass is 216 g/mol. The largest absolute Gasteiger partial charge is 0.207 e. The van der Waals surface area contributed by atoms with Gasteiger partial charge in [-0.05, 0) is 30.5 Å². The molecule has 1 aliphatic rings. The van der Waals surface area contributed by atoms with Crippen molar-refractivity contribution in [1.29, 1.82) is 0 Å². The van der Waals surface area contributed by atoms with Crippen molar-refractivity contribution in [2.75, 3.05) is 0 Å². The fourth-order valence-electron chi connectivity index (χ4n) is 1.53. The maximum Gasteiger partial charge on any atom is 0.128 e. The molecule has 14 heavy (non-hydrogen) atoms. The average Bonchev–Trinajstić information content (AvgIpc) is 2.93. The molecule has 1 aromatic carbocycles. The van der Waals surface area contributed by atoms with Gasteiger partial charge in [0.1, 0.15) is 11.6 Å². The van der Waals surface area contributed by atoms with E-state index < -0.39 is 17.0 Å². The third-order valence-corrected chi connectivity index (χ3v) is 2.95. The first-order valence-corrected chi connectivity index (χ1v) is 5.19. The minimum Gasteiger partial charge on any atom is -0.207 e. The van der Waals surface area contributed by atoms with Gasteiger partial charge in [0.05, 0.1) is 5.38 Å². The minimum atomic E-state index is -0.428. The minimum absolute atomic E-state index is 0.290. The van der Waals surface area contributed by atoms with Crippen LogP contribution in [0.15, 0.2) is 18.2 Å². The zero-order valence-corrected chi connectivity index (χ0v) is 8.40. The van der Waals surface area contributed by atoms with Gasteiger partial charge in [0.25, 0.3) is 0 Å². The summed E-state index contributed by atoms with van der Waals surface area (Å²) in [4.78, 5) is 0. The Bertz CT molecular complexity index is 334. The molecule has 0 amide bonds. The van der Waals surface area contributed by atoms with Gasteiger partial charge in [-0.3, -0.25) is 0 Å². The van der Waals surface area contributed by atoms with Gasteiger partial charge in [-0.2, -0.15) is 0 Å². The lowest BCUT2D eigenvalue weighted by Gasteiger charge is -2.09. The Kier molecular flexibility index (Phi) is 2.73. The predicted molar refractivity (Wildman–Crippen MR) is 52.3 cm³/mol. The van der Waals surface area contributed by atoms with Crippen LogP contribution < -0.4 is 0 Å². The molecule has 0 bridgehead atoms. The van der Waals surface area contributed by atoms with Gasteiger partial charge in [-0.1, -0.05) is 12.8 Å². The molecule has 1 aromatic rings. The van der Waals surface area contributed by atoms with Gasteiger partial charge >= 0.3 is 0 Å². The molecule has 0 aromatic heterocycles. The van der Waals surface area contributed by atoms with Crippen molar-refractivity contribution in [1.82, 2.24) is 0 Å². The van der Waals surface area contributed by atoms with E-state index in [9.17, 15) is 8.78 Å². The highest BCUT2D eigenvalue weighted by Crippen LogP contribution is 2.40. The number of rotatable bonds is 3. The van der Waals surface area contributed by atoms with Gasteiger partial charge in [0.15, 0.2) is 0 Å². The zero-order valence-electron chi connectivity index (χ0n) is 7.64. The van der Waals surface area contributed by atoms with Gasteiger partial charge in [-0.25, -0.2) is 8.78 Å². The number of benzene rings is 1. The van der Waals surface area contributed by atoms with E-state index in [1.54, 1.807) is 0 Å². The van der Waals surface area contributed by atoms with Crippen LogP contribution in [0.2, 0.25) is 0 Å². The molecule has 3 heteroatoms. The number of hydrogen-bond donors (Lipinski definition) is 0. The van der Waals surface area contributed by atoms with Crippen LogP contribution in [0.1, 0.15) is 30.2 Å². The molecule has 2 rings (SSSR count). The van der Waals surface area contributed by atoms with E-state index in [4.69, 9.17) is 11.6 Å². The molecular weight excluding hydrogens is 206 g/mol. The van der Waals surface area contributed by atoms with Crippen LogP contribution >= 0.6 is 11.6 Å². The summed E-state index contributed by atoms with van der Waals surface area (Å²) in [5.41, 5.74) is 0.290. The molecule has 0 saturated heterocycles. The zero-order chi connectivity index (χ0) is 10.1. The first-order valence-electron chi connectivity index (χ1n) is 4.76. The van der Waals surface area contributed by atoms with E-state index in [2.05, 4.69) is 0 Å². The van der Waals surface area contributed by atoms with Crippen molar-refractivity contribution in [2.45, 2.75) is 24.6 Å². The quantitative estimate of drug-likeness (QED) is 0.669. The lowest BCUT2D eigenvalue weighted by molar-refractivity contribution is 0.571. The van der Waals surface area contributed by atoms with Crippen LogP contribution in [0.5, 0.6) is 0 Å². The second-order valence-electron chi connectivity index (χ2n) is 3.81. The number of hydrogen-bond acceptors (Lipinski definition) is 0. The molecule has 0 heterocycles. The molecule has 76 valence electrons. The summed E-state index contributed by atoms with van der Waals surface area (Å²) in [6.45, 7) is 0. The molecule has 0 radical (unpaired) electrons. The van der Waals surface area contributed by atoms with E-state index in [-0.39, 0.29) is 0 Å². The van der Waals surface area contributed by atoms with Gasteiger partial charge in [-0.15, -0.1) is 11.6 Å². The van der Waals surface area contributed by atoms with Crippen LogP contribution in [0.25, 0.3) is 0 Å². The van der Waals surface area contributed by atoms with E-state index in [1.165, 1.54) is 18.9 Å². The topological polar surface area (TPSA) is 0 Å². The highest BCUT2D eigenvalue weighted by atomic mass is 35.5. The summed E-state index contributed by atoms with van der Waals surface area (Å²) >= 11 is 6.01. The Hall–Kier alpha value is -0.630. The molecular formula is C11H11ClF2. The summed E-state index contributed by atoms with van der Waals surface area (Å²) in [6.07, 6.45) is 3.09. The highest BCUT2D eigenvalue weighted by molar-refractivity contribution is 6.20. The Labute approximate surface area is 86.9 Å². The second kappa shape index (κ2) is 3.85. The van der Waals surface area contributed by atoms with Crippen LogP contribution in [-0.4, -0.2) is 0 Å². The molecule has 1 atom stereocenters. The van der Waals surface area contributed by atoms with Crippen LogP contribution in [0, 0.1) is 17.6 Å². The van der Waals surface area contributed by atoms with E-state index in [1.807, 2.05) is 0 Å². The first-order chi connectivity index (χ1) is 6.66. The fraction of sp³-hybridized carbons (Fsp3) is 0.455. The third kappa shape index (κ3) is 2.24. The lowest BCUT2D eigenvalue weighted by atomic mass is 10.1. The maximum atomic E-state index is 13.2. The maximum absolute atomic E-state index is 13.2. The molecule has 1 aliphatic carbocycles. The van der Waals surface area contributed by atoms with Crippen molar-refractivity contribution in [3.8, 4) is 0 Å². The Morgan fingerprint density at radius 3 is 2.71 bits per heavy atom. The highest BCUT2D eigenvalue weighted by Gasteiger charge is 2.26. The molecule has 0 aliphatic heterocycles. The normalized spacial score (nSPS) is 18.2. The van der Waals surface area contributed by atoms with Crippen molar-refractivity contribution in [3.05, 3.63) is 35.4 Å². The summed E-state index contributed by atoms with van der Waals surface area (Å²) in [6, 6.07) is 3.43. The summed E-state index contributed by atoms with van der Waals surface area (Å²) in [5, 5.41) is -0.391. The molecule has 0 N–H and O–H groups in total. The van der Waals surface area contributed by atoms with Crippen LogP contribution in [0.3, 0.4) is 0 Å². The summed E-state index contributed by atoms with van der Waals surface area (Å²) in [7, 11) is 0. The number of halogens is 3. The Morgan fingerprint density at radius 2 is 2.07 bits per heavy atom. The third-order valence-electron chi connectivity index (χ3n) is 2.53. The SMILES string of the molecule is Fc1ccc(F)c(C(Cl)CC2CC2)c1. The average molecular weight is 217 g/mol. The fourth-order valence-corrected chi connectivity index (χ4v) is 1.95. The van der Waals surface area contributed by atoms with Crippen molar-refractivity contribution in [2.24, 2.45) is 5.92 Å². The first kappa shape index (κ1) is 9.91. The smallest absolute Gasteiger partial charge is 0.128 e. The van der Waals surface area contributed by atoms with E-state index in [0.717, 1.165) is 18.6 Å². The van der Waals surface area contributed by atoms with Crippen LogP contribution in [-0.2, 0) is 0 Å². The Morgan fingerprint density at radius 1 is 1.36 bits per heavy atom. The molecule has 0 spiro atoms. The standard InChI is InChI=1S/C11H11ClF2/c12-10(5-7-1-2-7)9-6-8(13)3-4-11(9)14/h3-4,6-7,10H,1-2,5H2. The summed E-state index contributed by atoms with van der Waals surface area (Å²) < 4.78 is 26.1. The van der Waals surface area contributed by atoms with Gasteiger partial charge in [0.2, 0.25) is 0 Å². The van der Waals surface area contributed by atoms with Crippen molar-refractivity contribution in [3.63, 3.8) is 0 Å². The molecule has 1 fully saturated rings. The predicted octanol–water partition coefficient (Wildman–Crippen LogP) is 4.04. The number of alkyl halides is 1. The molecule has 0 nitrogen and oxygen atoms in total. The second-order valence-corrected chi connectivity index (χ2v) is 4.34. The Balaban J connectivity index is 2.15.